The van der Waals surface area contributed by atoms with Crippen molar-refractivity contribution >= 4 is 0 Å². The topological polar surface area (TPSA) is 0 Å². The van der Waals surface area contributed by atoms with Crippen molar-refractivity contribution in [2.24, 2.45) is 0 Å². The van der Waals surface area contributed by atoms with E-state index < -0.39 is 0 Å². The SMILES string of the molecule is CCCCCCCCC=CC=CCCCCCCCCCCCCC. The van der Waals surface area contributed by atoms with Crippen LogP contribution in [0.4, 0.5) is 0 Å². The molecule has 0 amide bonds. The third kappa shape index (κ3) is 23.5. The maximum absolute atomic E-state index is 2.35. The Kier molecular flexibility index (Phi) is 23.0. The molecule has 0 aromatic heterocycles. The highest BCUT2D eigenvalue weighted by Gasteiger charge is 1.92. The van der Waals surface area contributed by atoms with Gasteiger partial charge in [0.1, 0.15) is 0 Å². The lowest BCUT2D eigenvalue weighted by Gasteiger charge is -2.01. The lowest BCUT2D eigenvalue weighted by atomic mass is 10.1. The zero-order chi connectivity index (χ0) is 18.3. The van der Waals surface area contributed by atoms with Gasteiger partial charge in [-0.05, 0) is 25.7 Å². The summed E-state index contributed by atoms with van der Waals surface area (Å²) >= 11 is 0. The summed E-state index contributed by atoms with van der Waals surface area (Å²) in [7, 11) is 0. The molecule has 148 valence electrons. The quantitative estimate of drug-likeness (QED) is 0.152. The second-order valence-electron chi connectivity index (χ2n) is 7.74. The van der Waals surface area contributed by atoms with E-state index in [1.54, 1.807) is 0 Å². The molecule has 0 N–H and O–H groups in total. The van der Waals surface area contributed by atoms with Gasteiger partial charge in [-0.2, -0.15) is 0 Å². The summed E-state index contributed by atoms with van der Waals surface area (Å²) in [6, 6.07) is 0. The van der Waals surface area contributed by atoms with Gasteiger partial charge in [0.2, 0.25) is 0 Å². The third-order valence-corrected chi connectivity index (χ3v) is 5.08. The standard InChI is InChI=1S/C25H48/c1-3-5-7-9-11-13-15-17-19-21-23-25-24-22-20-18-16-14-12-10-8-6-4-2/h17,19,21,23H,3-16,18,20,22,24-25H2,1-2H3. The van der Waals surface area contributed by atoms with Gasteiger partial charge in [0.05, 0.1) is 0 Å². The summed E-state index contributed by atoms with van der Waals surface area (Å²) in [4.78, 5) is 0. The molecule has 0 heterocycles. The van der Waals surface area contributed by atoms with Crippen molar-refractivity contribution in [3.8, 4) is 0 Å². The summed E-state index contributed by atoms with van der Waals surface area (Å²) < 4.78 is 0. The molecule has 0 aromatic rings. The minimum absolute atomic E-state index is 1.26. The number of rotatable bonds is 20. The first kappa shape index (κ1) is 24.5. The van der Waals surface area contributed by atoms with E-state index in [1.807, 2.05) is 0 Å². The highest BCUT2D eigenvalue weighted by molar-refractivity contribution is 5.02. The highest BCUT2D eigenvalue weighted by Crippen LogP contribution is 2.12. The molecule has 0 spiro atoms. The lowest BCUT2D eigenvalue weighted by Crippen LogP contribution is -1.81. The van der Waals surface area contributed by atoms with E-state index >= 15 is 0 Å². The van der Waals surface area contributed by atoms with E-state index in [1.165, 1.54) is 122 Å². The van der Waals surface area contributed by atoms with Crippen LogP contribution < -0.4 is 0 Å². The molecule has 0 rings (SSSR count). The van der Waals surface area contributed by atoms with Crippen molar-refractivity contribution in [1.82, 2.24) is 0 Å². The van der Waals surface area contributed by atoms with Crippen molar-refractivity contribution in [3.63, 3.8) is 0 Å². The zero-order valence-corrected chi connectivity index (χ0v) is 17.7. The van der Waals surface area contributed by atoms with Gasteiger partial charge in [-0.15, -0.1) is 0 Å². The van der Waals surface area contributed by atoms with Crippen molar-refractivity contribution < 1.29 is 0 Å². The molecule has 0 atom stereocenters. The average molecular weight is 349 g/mol. The Morgan fingerprint density at radius 2 is 0.640 bits per heavy atom. The fourth-order valence-electron chi connectivity index (χ4n) is 3.32. The molecule has 0 fully saturated rings. The Bertz CT molecular complexity index is 274. The normalized spacial score (nSPS) is 11.9. The van der Waals surface area contributed by atoms with Crippen molar-refractivity contribution in [2.75, 3.05) is 0 Å². The Balaban J connectivity index is 3.13. The molecule has 0 aliphatic rings. The molecule has 0 aromatic carbocycles. The molecular weight excluding hydrogens is 300 g/mol. The van der Waals surface area contributed by atoms with Gasteiger partial charge >= 0.3 is 0 Å². The molecule has 0 aliphatic heterocycles. The van der Waals surface area contributed by atoms with Crippen LogP contribution >= 0.6 is 0 Å². The van der Waals surface area contributed by atoms with Crippen LogP contribution in [0.25, 0.3) is 0 Å². The van der Waals surface area contributed by atoms with Crippen LogP contribution in [0.3, 0.4) is 0 Å². The van der Waals surface area contributed by atoms with E-state index in [9.17, 15) is 0 Å². The number of allylic oxidation sites excluding steroid dienone is 4. The van der Waals surface area contributed by atoms with Crippen molar-refractivity contribution in [1.29, 1.82) is 0 Å². The Morgan fingerprint density at radius 3 is 0.960 bits per heavy atom. The van der Waals surface area contributed by atoms with Crippen molar-refractivity contribution in [3.05, 3.63) is 24.3 Å². The predicted octanol–water partition coefficient (Wildman–Crippen LogP) is 9.55. The molecule has 0 saturated heterocycles. The highest BCUT2D eigenvalue weighted by atomic mass is 14.0. The van der Waals surface area contributed by atoms with Gasteiger partial charge in [-0.25, -0.2) is 0 Å². The van der Waals surface area contributed by atoms with Crippen LogP contribution in [-0.4, -0.2) is 0 Å². The summed E-state index contributed by atoms with van der Waals surface area (Å²) in [5, 5.41) is 0. The summed E-state index contributed by atoms with van der Waals surface area (Å²) in [6.07, 6.45) is 35.9. The van der Waals surface area contributed by atoms with Crippen LogP contribution in [0.1, 0.15) is 136 Å². The van der Waals surface area contributed by atoms with Gasteiger partial charge in [0, 0.05) is 0 Å². The maximum Gasteiger partial charge on any atom is -0.0348 e. The Hall–Kier alpha value is -0.520. The minimum Gasteiger partial charge on any atom is -0.0845 e. The number of hydrogen-bond acceptors (Lipinski definition) is 0. The summed E-state index contributed by atoms with van der Waals surface area (Å²) in [5.41, 5.74) is 0. The van der Waals surface area contributed by atoms with E-state index in [0.717, 1.165) is 0 Å². The van der Waals surface area contributed by atoms with Gasteiger partial charge in [-0.3, -0.25) is 0 Å². The van der Waals surface area contributed by atoms with Crippen molar-refractivity contribution in [2.45, 2.75) is 136 Å². The first-order valence-corrected chi connectivity index (χ1v) is 11.7. The zero-order valence-electron chi connectivity index (χ0n) is 17.7. The first-order valence-electron chi connectivity index (χ1n) is 11.7. The monoisotopic (exact) mass is 348 g/mol. The van der Waals surface area contributed by atoms with Gasteiger partial charge < -0.3 is 0 Å². The minimum atomic E-state index is 1.26. The molecule has 0 bridgehead atoms. The molecule has 0 nitrogen and oxygen atoms in total. The van der Waals surface area contributed by atoms with Crippen LogP contribution in [0.5, 0.6) is 0 Å². The summed E-state index contributed by atoms with van der Waals surface area (Å²) in [5.74, 6) is 0. The second-order valence-corrected chi connectivity index (χ2v) is 7.74. The van der Waals surface area contributed by atoms with Gasteiger partial charge in [0.15, 0.2) is 0 Å². The molecule has 0 unspecified atom stereocenters. The number of unbranched alkanes of at least 4 members (excludes halogenated alkanes) is 17. The molecule has 0 heteroatoms. The fourth-order valence-corrected chi connectivity index (χ4v) is 3.32. The third-order valence-electron chi connectivity index (χ3n) is 5.08. The van der Waals surface area contributed by atoms with E-state index in [4.69, 9.17) is 0 Å². The fraction of sp³-hybridized carbons (Fsp3) is 0.840. The van der Waals surface area contributed by atoms with Crippen LogP contribution in [-0.2, 0) is 0 Å². The first-order chi connectivity index (χ1) is 12.4. The smallest absolute Gasteiger partial charge is 0.0348 e. The molecule has 0 aliphatic carbocycles. The Morgan fingerprint density at radius 1 is 0.360 bits per heavy atom. The van der Waals surface area contributed by atoms with Gasteiger partial charge in [0.25, 0.3) is 0 Å². The van der Waals surface area contributed by atoms with E-state index in [2.05, 4.69) is 38.2 Å². The van der Waals surface area contributed by atoms with Crippen LogP contribution in [0.15, 0.2) is 24.3 Å². The van der Waals surface area contributed by atoms with Crippen LogP contribution in [0.2, 0.25) is 0 Å². The van der Waals surface area contributed by atoms with E-state index in [-0.39, 0.29) is 0 Å². The Labute approximate surface area is 160 Å². The lowest BCUT2D eigenvalue weighted by molar-refractivity contribution is 0.550. The molecule has 25 heavy (non-hydrogen) atoms. The van der Waals surface area contributed by atoms with Crippen LogP contribution in [0, 0.1) is 0 Å². The van der Waals surface area contributed by atoms with E-state index in [0.29, 0.717) is 0 Å². The average Bonchev–Trinajstić information content (AvgIpc) is 2.63. The second kappa shape index (κ2) is 23.5. The molecular formula is C25H48. The largest absolute Gasteiger partial charge is 0.0845 e. The maximum atomic E-state index is 2.35. The molecule has 0 radical (unpaired) electrons. The molecule has 0 saturated carbocycles. The predicted molar refractivity (Wildman–Crippen MR) is 117 cm³/mol. The number of hydrogen-bond donors (Lipinski definition) is 0. The summed E-state index contributed by atoms with van der Waals surface area (Å²) in [6.45, 7) is 4.58. The van der Waals surface area contributed by atoms with Gasteiger partial charge in [-0.1, -0.05) is 134 Å².